The van der Waals surface area contributed by atoms with Gasteiger partial charge in [-0.2, -0.15) is 0 Å². The summed E-state index contributed by atoms with van der Waals surface area (Å²) in [6.45, 7) is 6.19. The second-order valence-electron chi connectivity index (χ2n) is 6.80. The molecule has 4 rings (SSSR count). The number of hydrogen-bond acceptors (Lipinski definition) is 4. The molecule has 0 bridgehead atoms. The monoisotopic (exact) mass is 349 g/mol. The van der Waals surface area contributed by atoms with E-state index in [9.17, 15) is 4.39 Å². The van der Waals surface area contributed by atoms with E-state index in [0.29, 0.717) is 23.0 Å². The van der Waals surface area contributed by atoms with Crippen molar-refractivity contribution in [3.05, 3.63) is 53.8 Å². The van der Waals surface area contributed by atoms with Crippen LogP contribution in [-0.4, -0.2) is 32.7 Å². The number of aryl methyl sites for hydroxylation is 1. The summed E-state index contributed by atoms with van der Waals surface area (Å²) >= 11 is 0. The zero-order valence-electron chi connectivity index (χ0n) is 15.2. The molecule has 132 valence electrons. The Hall–Kier alpha value is -3.02. The second-order valence-corrected chi connectivity index (χ2v) is 6.80. The van der Waals surface area contributed by atoms with Crippen LogP contribution in [0.2, 0.25) is 0 Å². The van der Waals surface area contributed by atoms with Gasteiger partial charge in [-0.3, -0.25) is 0 Å². The summed E-state index contributed by atoms with van der Waals surface area (Å²) < 4.78 is 16.3. The molecule has 2 heterocycles. The molecule has 0 aliphatic carbocycles. The van der Waals surface area contributed by atoms with Crippen LogP contribution in [0.15, 0.2) is 42.5 Å². The van der Waals surface area contributed by atoms with Crippen LogP contribution < -0.4 is 4.90 Å². The van der Waals surface area contributed by atoms with Crippen LogP contribution in [0.1, 0.15) is 19.4 Å². The third-order valence-electron chi connectivity index (χ3n) is 4.68. The molecule has 0 fully saturated rings. The smallest absolute Gasteiger partial charge is 0.213 e. The molecule has 4 aromatic rings. The molecule has 0 radical (unpaired) electrons. The molecule has 0 saturated carbocycles. The fraction of sp³-hybridized carbons (Fsp3) is 0.250. The molecule has 0 aliphatic rings. The number of fused-ring (bicyclic) bond motifs is 3. The predicted molar refractivity (Wildman–Crippen MR) is 102 cm³/mol. The normalized spacial score (nSPS) is 11.6. The van der Waals surface area contributed by atoms with Crippen molar-refractivity contribution in [3.8, 4) is 11.4 Å². The van der Waals surface area contributed by atoms with E-state index in [0.717, 1.165) is 16.5 Å². The molecule has 0 unspecified atom stereocenters. The van der Waals surface area contributed by atoms with Crippen LogP contribution in [0.3, 0.4) is 0 Å². The number of nitrogens with zero attached hydrogens (tertiary/aromatic N) is 5. The molecule has 0 amide bonds. The Morgan fingerprint density at radius 1 is 1.08 bits per heavy atom. The molecule has 26 heavy (non-hydrogen) atoms. The fourth-order valence-corrected chi connectivity index (χ4v) is 3.02. The van der Waals surface area contributed by atoms with Crippen LogP contribution in [0.4, 0.5) is 10.3 Å². The molecule has 5 nitrogen and oxygen atoms in total. The average molecular weight is 349 g/mol. The molecule has 2 aromatic carbocycles. The molecular weight excluding hydrogens is 329 g/mol. The SMILES string of the molecule is Cc1ccc2nc(N(C)C(C)C)n3c(-c4ccccc4F)nnc3c2c1. The van der Waals surface area contributed by atoms with E-state index in [1.54, 1.807) is 18.2 Å². The Kier molecular flexibility index (Phi) is 3.83. The van der Waals surface area contributed by atoms with Crippen molar-refractivity contribution in [2.24, 2.45) is 0 Å². The number of aromatic nitrogens is 4. The molecule has 0 saturated heterocycles. The summed E-state index contributed by atoms with van der Waals surface area (Å²) in [6.07, 6.45) is 0. The van der Waals surface area contributed by atoms with Gasteiger partial charge in [0.25, 0.3) is 0 Å². The van der Waals surface area contributed by atoms with Gasteiger partial charge in [0.05, 0.1) is 11.1 Å². The lowest BCUT2D eigenvalue weighted by molar-refractivity contribution is 0.629. The van der Waals surface area contributed by atoms with Crippen molar-refractivity contribution < 1.29 is 4.39 Å². The van der Waals surface area contributed by atoms with E-state index in [-0.39, 0.29) is 11.9 Å². The van der Waals surface area contributed by atoms with Gasteiger partial charge in [-0.1, -0.05) is 23.8 Å². The van der Waals surface area contributed by atoms with Gasteiger partial charge in [0, 0.05) is 18.5 Å². The van der Waals surface area contributed by atoms with Gasteiger partial charge in [-0.25, -0.2) is 13.8 Å². The highest BCUT2D eigenvalue weighted by Crippen LogP contribution is 2.30. The first-order valence-electron chi connectivity index (χ1n) is 8.60. The van der Waals surface area contributed by atoms with Gasteiger partial charge < -0.3 is 4.90 Å². The third kappa shape index (κ3) is 2.49. The summed E-state index contributed by atoms with van der Waals surface area (Å²) in [5, 5.41) is 9.61. The number of halogens is 1. The molecule has 0 atom stereocenters. The first-order chi connectivity index (χ1) is 12.5. The van der Waals surface area contributed by atoms with Gasteiger partial charge in [-0.05, 0) is 45.0 Å². The standard InChI is InChI=1S/C20H20FN5/c1-12(2)25(4)20-22-17-10-9-13(3)11-15(17)19-24-23-18(26(19)20)14-7-5-6-8-16(14)21/h5-12H,1-4H3. The lowest BCUT2D eigenvalue weighted by Gasteiger charge is -2.24. The zero-order chi connectivity index (χ0) is 18.4. The lowest BCUT2D eigenvalue weighted by Crippen LogP contribution is -2.29. The Bertz CT molecular complexity index is 1120. The number of benzene rings is 2. The Labute approximate surface area is 151 Å². The van der Waals surface area contributed by atoms with Crippen LogP contribution in [0, 0.1) is 12.7 Å². The number of anilines is 1. The first-order valence-corrected chi connectivity index (χ1v) is 8.60. The highest BCUT2D eigenvalue weighted by molar-refractivity contribution is 5.94. The van der Waals surface area contributed by atoms with E-state index < -0.39 is 0 Å². The maximum absolute atomic E-state index is 14.4. The van der Waals surface area contributed by atoms with Gasteiger partial charge in [0.15, 0.2) is 11.5 Å². The molecule has 6 heteroatoms. The van der Waals surface area contributed by atoms with Crippen LogP contribution in [0.25, 0.3) is 27.9 Å². The quantitative estimate of drug-likeness (QED) is 0.555. The Balaban J connectivity index is 2.14. The minimum atomic E-state index is -0.329. The van der Waals surface area contributed by atoms with Crippen LogP contribution >= 0.6 is 0 Å². The van der Waals surface area contributed by atoms with E-state index in [4.69, 9.17) is 4.98 Å². The minimum Gasteiger partial charge on any atom is -0.342 e. The van der Waals surface area contributed by atoms with Crippen LogP contribution in [0.5, 0.6) is 0 Å². The van der Waals surface area contributed by atoms with Crippen molar-refractivity contribution in [2.45, 2.75) is 26.8 Å². The Morgan fingerprint density at radius 2 is 1.85 bits per heavy atom. The van der Waals surface area contributed by atoms with Crippen molar-refractivity contribution in [1.29, 1.82) is 0 Å². The van der Waals surface area contributed by atoms with Crippen molar-refractivity contribution in [2.75, 3.05) is 11.9 Å². The maximum Gasteiger partial charge on any atom is 0.213 e. The van der Waals surface area contributed by atoms with Crippen LogP contribution in [-0.2, 0) is 0 Å². The molecule has 0 N–H and O–H groups in total. The second kappa shape index (κ2) is 6.05. The average Bonchev–Trinajstić information content (AvgIpc) is 3.06. The van der Waals surface area contributed by atoms with E-state index in [2.05, 4.69) is 24.0 Å². The third-order valence-corrected chi connectivity index (χ3v) is 4.68. The first kappa shape index (κ1) is 16.4. The van der Waals surface area contributed by atoms with Gasteiger partial charge in [-0.15, -0.1) is 10.2 Å². The Morgan fingerprint density at radius 3 is 2.58 bits per heavy atom. The molecule has 0 spiro atoms. The summed E-state index contributed by atoms with van der Waals surface area (Å²) in [4.78, 5) is 6.88. The largest absolute Gasteiger partial charge is 0.342 e. The summed E-state index contributed by atoms with van der Waals surface area (Å²) in [5.74, 6) is 0.815. The summed E-state index contributed by atoms with van der Waals surface area (Å²) in [5.41, 5.74) is 3.05. The number of rotatable bonds is 3. The number of hydrogen-bond donors (Lipinski definition) is 0. The highest BCUT2D eigenvalue weighted by atomic mass is 19.1. The van der Waals surface area contributed by atoms with Gasteiger partial charge in [0.2, 0.25) is 5.95 Å². The highest BCUT2D eigenvalue weighted by Gasteiger charge is 2.21. The molecular formula is C20H20FN5. The van der Waals surface area contributed by atoms with Crippen molar-refractivity contribution in [3.63, 3.8) is 0 Å². The van der Waals surface area contributed by atoms with E-state index >= 15 is 0 Å². The van der Waals surface area contributed by atoms with Gasteiger partial charge >= 0.3 is 0 Å². The van der Waals surface area contributed by atoms with Crippen molar-refractivity contribution in [1.82, 2.24) is 19.6 Å². The molecule has 0 aliphatic heterocycles. The zero-order valence-corrected chi connectivity index (χ0v) is 15.2. The predicted octanol–water partition coefficient (Wildman–Crippen LogP) is 4.24. The molecule has 2 aromatic heterocycles. The van der Waals surface area contributed by atoms with Crippen molar-refractivity contribution >= 4 is 22.5 Å². The fourth-order valence-electron chi connectivity index (χ4n) is 3.02. The minimum absolute atomic E-state index is 0.212. The van der Waals surface area contributed by atoms with E-state index in [1.165, 1.54) is 6.07 Å². The lowest BCUT2D eigenvalue weighted by atomic mass is 10.1. The topological polar surface area (TPSA) is 46.3 Å². The van der Waals surface area contributed by atoms with E-state index in [1.807, 2.05) is 41.5 Å². The van der Waals surface area contributed by atoms with Gasteiger partial charge in [0.1, 0.15) is 5.82 Å². The summed E-state index contributed by atoms with van der Waals surface area (Å²) in [7, 11) is 1.97. The summed E-state index contributed by atoms with van der Waals surface area (Å²) in [6, 6.07) is 12.9. The maximum atomic E-state index is 14.4.